The van der Waals surface area contributed by atoms with Gasteiger partial charge in [0.15, 0.2) is 0 Å². The van der Waals surface area contributed by atoms with Crippen LogP contribution in [0.15, 0.2) is 30.6 Å². The Labute approximate surface area is 75.4 Å². The molecule has 2 rings (SSSR count). The van der Waals surface area contributed by atoms with Crippen molar-refractivity contribution in [2.75, 3.05) is 12.4 Å². The van der Waals surface area contributed by atoms with E-state index in [2.05, 4.69) is 10.3 Å². The first-order valence-corrected chi connectivity index (χ1v) is 4.02. The molecule has 2 aromatic rings. The van der Waals surface area contributed by atoms with Crippen LogP contribution in [0.5, 0.6) is 0 Å². The summed E-state index contributed by atoms with van der Waals surface area (Å²) in [6.45, 7) is 0. The number of aromatic nitrogens is 1. The first-order valence-electron chi connectivity index (χ1n) is 4.02. The summed E-state index contributed by atoms with van der Waals surface area (Å²) in [6, 6.07) is 4.66. The first-order chi connectivity index (χ1) is 6.31. The Balaban J connectivity index is 2.79. The molecule has 1 heterocycles. The zero-order valence-electron chi connectivity index (χ0n) is 7.21. The van der Waals surface area contributed by atoms with Gasteiger partial charge in [-0.15, -0.1) is 0 Å². The average molecular weight is 176 g/mol. The number of nitrogens with zero attached hydrogens (tertiary/aromatic N) is 1. The van der Waals surface area contributed by atoms with Gasteiger partial charge in [0.1, 0.15) is 5.82 Å². The summed E-state index contributed by atoms with van der Waals surface area (Å²) in [5.41, 5.74) is 0.844. The zero-order valence-corrected chi connectivity index (χ0v) is 7.21. The molecule has 13 heavy (non-hydrogen) atoms. The Bertz CT molecular complexity index is 440. The third-order valence-corrected chi connectivity index (χ3v) is 1.99. The molecule has 0 amide bonds. The molecule has 0 aliphatic carbocycles. The lowest BCUT2D eigenvalue weighted by molar-refractivity contribution is 0.630. The van der Waals surface area contributed by atoms with Crippen LogP contribution in [0.1, 0.15) is 0 Å². The Kier molecular flexibility index (Phi) is 1.85. The number of hydrogen-bond acceptors (Lipinski definition) is 2. The lowest BCUT2D eigenvalue weighted by atomic mass is 10.1. The summed E-state index contributed by atoms with van der Waals surface area (Å²) >= 11 is 0. The second-order valence-corrected chi connectivity index (χ2v) is 2.80. The maximum Gasteiger partial charge on any atom is 0.123 e. The molecule has 1 aromatic heterocycles. The summed E-state index contributed by atoms with van der Waals surface area (Å²) in [5, 5.41) is 4.77. The van der Waals surface area contributed by atoms with Gasteiger partial charge in [-0.3, -0.25) is 4.98 Å². The van der Waals surface area contributed by atoms with Crippen molar-refractivity contribution in [3.63, 3.8) is 0 Å². The number of hydrogen-bond donors (Lipinski definition) is 1. The lowest BCUT2D eigenvalue weighted by Gasteiger charge is -2.04. The summed E-state index contributed by atoms with van der Waals surface area (Å²) in [4.78, 5) is 4.03. The van der Waals surface area contributed by atoms with E-state index in [1.165, 1.54) is 12.1 Å². The first kappa shape index (κ1) is 7.98. The van der Waals surface area contributed by atoms with E-state index in [4.69, 9.17) is 0 Å². The molecule has 0 bridgehead atoms. The monoisotopic (exact) mass is 176 g/mol. The van der Waals surface area contributed by atoms with E-state index in [1.807, 2.05) is 0 Å². The molecule has 0 atom stereocenters. The standard InChI is InChI=1S/C10H9FN2/c1-12-10-6-13-5-7-2-3-8(11)4-9(7)10/h2-6,12H,1H3. The van der Waals surface area contributed by atoms with E-state index < -0.39 is 0 Å². The number of benzene rings is 1. The van der Waals surface area contributed by atoms with Crippen LogP contribution in [-0.2, 0) is 0 Å². The highest BCUT2D eigenvalue weighted by atomic mass is 19.1. The van der Waals surface area contributed by atoms with Crippen molar-refractivity contribution in [3.05, 3.63) is 36.4 Å². The van der Waals surface area contributed by atoms with Gasteiger partial charge in [0.2, 0.25) is 0 Å². The predicted molar refractivity (Wildman–Crippen MR) is 51.2 cm³/mol. The van der Waals surface area contributed by atoms with Gasteiger partial charge < -0.3 is 5.32 Å². The molecular weight excluding hydrogens is 167 g/mol. The second kappa shape index (κ2) is 3.01. The van der Waals surface area contributed by atoms with E-state index in [0.717, 1.165) is 16.5 Å². The highest BCUT2D eigenvalue weighted by Gasteiger charge is 2.00. The van der Waals surface area contributed by atoms with Crippen molar-refractivity contribution >= 4 is 16.5 Å². The minimum atomic E-state index is -0.227. The number of rotatable bonds is 1. The highest BCUT2D eigenvalue weighted by molar-refractivity contribution is 5.92. The maximum atomic E-state index is 12.9. The Morgan fingerprint density at radius 3 is 2.92 bits per heavy atom. The normalized spacial score (nSPS) is 10.3. The van der Waals surface area contributed by atoms with E-state index in [1.54, 1.807) is 25.5 Å². The smallest absolute Gasteiger partial charge is 0.123 e. The third kappa shape index (κ3) is 1.33. The summed E-state index contributed by atoms with van der Waals surface area (Å²) in [5.74, 6) is -0.227. The second-order valence-electron chi connectivity index (χ2n) is 2.80. The van der Waals surface area contributed by atoms with Crippen LogP contribution in [0.3, 0.4) is 0 Å². The number of nitrogens with one attached hydrogen (secondary N) is 1. The Morgan fingerprint density at radius 2 is 2.15 bits per heavy atom. The van der Waals surface area contributed by atoms with Crippen LogP contribution in [0.2, 0.25) is 0 Å². The van der Waals surface area contributed by atoms with Crippen molar-refractivity contribution in [1.29, 1.82) is 0 Å². The van der Waals surface area contributed by atoms with E-state index >= 15 is 0 Å². The van der Waals surface area contributed by atoms with Crippen molar-refractivity contribution < 1.29 is 4.39 Å². The molecule has 1 N–H and O–H groups in total. The van der Waals surface area contributed by atoms with Crippen LogP contribution < -0.4 is 5.32 Å². The van der Waals surface area contributed by atoms with Gasteiger partial charge in [0.25, 0.3) is 0 Å². The molecule has 0 aliphatic rings. The van der Waals surface area contributed by atoms with Gasteiger partial charge in [-0.25, -0.2) is 4.39 Å². The number of anilines is 1. The van der Waals surface area contributed by atoms with Crippen molar-refractivity contribution in [3.8, 4) is 0 Å². The van der Waals surface area contributed by atoms with E-state index in [-0.39, 0.29) is 5.82 Å². The summed E-state index contributed by atoms with van der Waals surface area (Å²) < 4.78 is 12.9. The van der Waals surface area contributed by atoms with Gasteiger partial charge in [0, 0.05) is 24.0 Å². The van der Waals surface area contributed by atoms with E-state index in [0.29, 0.717) is 0 Å². The SMILES string of the molecule is CNc1cncc2ccc(F)cc12. The Hall–Kier alpha value is -1.64. The zero-order chi connectivity index (χ0) is 9.26. The third-order valence-electron chi connectivity index (χ3n) is 1.99. The van der Waals surface area contributed by atoms with Crippen LogP contribution in [0, 0.1) is 5.82 Å². The lowest BCUT2D eigenvalue weighted by Crippen LogP contribution is -1.90. The molecule has 0 unspecified atom stereocenters. The molecule has 0 aliphatic heterocycles. The van der Waals surface area contributed by atoms with Crippen molar-refractivity contribution in [1.82, 2.24) is 4.98 Å². The van der Waals surface area contributed by atoms with Gasteiger partial charge in [-0.05, 0) is 18.2 Å². The van der Waals surface area contributed by atoms with Gasteiger partial charge >= 0.3 is 0 Å². The molecule has 2 nitrogen and oxygen atoms in total. The van der Waals surface area contributed by atoms with Gasteiger partial charge in [-0.2, -0.15) is 0 Å². The molecule has 3 heteroatoms. The van der Waals surface area contributed by atoms with E-state index in [9.17, 15) is 4.39 Å². The molecular formula is C10H9FN2. The van der Waals surface area contributed by atoms with Gasteiger partial charge in [-0.1, -0.05) is 0 Å². The number of pyridine rings is 1. The van der Waals surface area contributed by atoms with Gasteiger partial charge in [0.05, 0.1) is 11.9 Å². The minimum Gasteiger partial charge on any atom is -0.386 e. The van der Waals surface area contributed by atoms with Crippen LogP contribution >= 0.6 is 0 Å². The molecule has 0 saturated carbocycles. The number of fused-ring (bicyclic) bond motifs is 1. The minimum absolute atomic E-state index is 0.227. The maximum absolute atomic E-state index is 12.9. The molecule has 1 aromatic carbocycles. The topological polar surface area (TPSA) is 24.9 Å². The predicted octanol–water partition coefficient (Wildman–Crippen LogP) is 2.42. The average Bonchev–Trinajstić information content (AvgIpc) is 2.17. The van der Waals surface area contributed by atoms with Crippen molar-refractivity contribution in [2.24, 2.45) is 0 Å². The summed E-state index contributed by atoms with van der Waals surface area (Å²) in [7, 11) is 1.79. The summed E-state index contributed by atoms with van der Waals surface area (Å²) in [6.07, 6.45) is 3.40. The molecule has 0 fully saturated rings. The van der Waals surface area contributed by atoms with Crippen LogP contribution in [0.25, 0.3) is 10.8 Å². The Morgan fingerprint density at radius 1 is 1.31 bits per heavy atom. The fourth-order valence-corrected chi connectivity index (χ4v) is 1.34. The fraction of sp³-hybridized carbons (Fsp3) is 0.100. The largest absolute Gasteiger partial charge is 0.386 e. The number of halogens is 1. The van der Waals surface area contributed by atoms with Crippen molar-refractivity contribution in [2.45, 2.75) is 0 Å². The van der Waals surface area contributed by atoms with Crippen LogP contribution in [0.4, 0.5) is 10.1 Å². The fourth-order valence-electron chi connectivity index (χ4n) is 1.34. The van der Waals surface area contributed by atoms with Crippen LogP contribution in [-0.4, -0.2) is 12.0 Å². The molecule has 0 radical (unpaired) electrons. The molecule has 0 saturated heterocycles. The quantitative estimate of drug-likeness (QED) is 0.721. The molecule has 0 spiro atoms. The molecule has 66 valence electrons. The highest BCUT2D eigenvalue weighted by Crippen LogP contribution is 2.21.